The molecule has 0 saturated carbocycles. The lowest BCUT2D eigenvalue weighted by atomic mass is 9.90. The number of aryl methyl sites for hydroxylation is 3. The van der Waals surface area contributed by atoms with Gasteiger partial charge in [-0.3, -0.25) is 24.6 Å². The molecule has 3 aromatic heterocycles. The summed E-state index contributed by atoms with van der Waals surface area (Å²) in [6.45, 7) is 5.98. The molecule has 3 heterocycles. The van der Waals surface area contributed by atoms with E-state index < -0.39 is 0 Å². The summed E-state index contributed by atoms with van der Waals surface area (Å²) < 4.78 is 0. The topological polar surface area (TPSA) is 71.0 Å². The van der Waals surface area contributed by atoms with Crippen LogP contribution in [0.3, 0.4) is 0 Å². The molecule has 36 heavy (non-hydrogen) atoms. The van der Waals surface area contributed by atoms with Crippen LogP contribution < -0.4 is 5.32 Å². The van der Waals surface area contributed by atoms with Gasteiger partial charge in [-0.05, 0) is 67.5 Å². The van der Waals surface area contributed by atoms with Gasteiger partial charge in [0, 0.05) is 43.1 Å². The molecule has 0 aliphatic heterocycles. The summed E-state index contributed by atoms with van der Waals surface area (Å²) in [6.07, 6.45) is 9.01. The summed E-state index contributed by atoms with van der Waals surface area (Å²) in [4.78, 5) is 29.9. The van der Waals surface area contributed by atoms with E-state index in [0.29, 0.717) is 18.2 Å². The maximum absolute atomic E-state index is 12.7. The van der Waals surface area contributed by atoms with Gasteiger partial charge in [-0.15, -0.1) is 11.3 Å². The molecule has 0 bridgehead atoms. The molecule has 1 aromatic carbocycles. The predicted molar refractivity (Wildman–Crippen MR) is 143 cm³/mol. The van der Waals surface area contributed by atoms with Gasteiger partial charge in [0.15, 0.2) is 0 Å². The van der Waals surface area contributed by atoms with Crippen LogP contribution in [0, 0.1) is 13.8 Å². The van der Waals surface area contributed by atoms with Gasteiger partial charge in [-0.1, -0.05) is 30.3 Å². The van der Waals surface area contributed by atoms with Crippen LogP contribution in [0.15, 0.2) is 66.6 Å². The largest absolute Gasteiger partial charge is 0.348 e. The number of hydrogen-bond acceptors (Lipinski definition) is 6. The monoisotopic (exact) mass is 497 g/mol. The van der Waals surface area contributed by atoms with Crippen molar-refractivity contribution in [1.29, 1.82) is 0 Å². The van der Waals surface area contributed by atoms with Gasteiger partial charge in [0.05, 0.1) is 28.5 Å². The lowest BCUT2D eigenvalue weighted by molar-refractivity contribution is 0.0949. The average molecular weight is 498 g/mol. The predicted octanol–water partition coefficient (Wildman–Crippen LogP) is 5.56. The summed E-state index contributed by atoms with van der Waals surface area (Å²) in [6, 6.07) is 15.0. The van der Waals surface area contributed by atoms with E-state index in [2.05, 4.69) is 50.5 Å². The van der Waals surface area contributed by atoms with E-state index in [-0.39, 0.29) is 5.91 Å². The molecular weight excluding hydrogens is 466 g/mol. The Morgan fingerprint density at radius 3 is 2.67 bits per heavy atom. The van der Waals surface area contributed by atoms with Gasteiger partial charge in [-0.25, -0.2) is 0 Å². The zero-order valence-electron chi connectivity index (χ0n) is 20.8. The number of carbonyl (C=O) groups is 1. The van der Waals surface area contributed by atoms with E-state index in [1.165, 1.54) is 28.1 Å². The van der Waals surface area contributed by atoms with Crippen LogP contribution in [0.25, 0.3) is 0 Å². The molecule has 1 aliphatic carbocycles. The zero-order valence-corrected chi connectivity index (χ0v) is 21.6. The highest BCUT2D eigenvalue weighted by Crippen LogP contribution is 2.35. The maximum Gasteiger partial charge on any atom is 0.253 e. The summed E-state index contributed by atoms with van der Waals surface area (Å²) in [7, 11) is 0. The SMILES string of the molecule is Cc1ccnc(C)c1C(=O)NCc1ccc(CN(Cc2cncs2)C2CCCc3cccnc32)cc1. The number of hydrogen-bond donors (Lipinski definition) is 1. The van der Waals surface area contributed by atoms with Crippen molar-refractivity contribution in [1.82, 2.24) is 25.2 Å². The Kier molecular flexibility index (Phi) is 7.49. The smallest absolute Gasteiger partial charge is 0.253 e. The van der Waals surface area contributed by atoms with E-state index in [4.69, 9.17) is 4.98 Å². The highest BCUT2D eigenvalue weighted by molar-refractivity contribution is 7.09. The first-order chi connectivity index (χ1) is 17.6. The number of carbonyl (C=O) groups excluding carboxylic acids is 1. The Balaban J connectivity index is 1.29. The number of fused-ring (bicyclic) bond motifs is 1. The molecule has 1 amide bonds. The zero-order chi connectivity index (χ0) is 24.9. The Bertz CT molecular complexity index is 1300. The minimum absolute atomic E-state index is 0.0821. The molecule has 6 nitrogen and oxygen atoms in total. The quantitative estimate of drug-likeness (QED) is 0.345. The number of benzene rings is 1. The molecule has 4 aromatic rings. The average Bonchev–Trinajstić information content (AvgIpc) is 3.41. The maximum atomic E-state index is 12.7. The molecule has 1 N–H and O–H groups in total. The van der Waals surface area contributed by atoms with E-state index in [0.717, 1.165) is 42.8 Å². The highest BCUT2D eigenvalue weighted by atomic mass is 32.1. The number of amides is 1. The van der Waals surface area contributed by atoms with Gasteiger partial charge >= 0.3 is 0 Å². The van der Waals surface area contributed by atoms with Crippen molar-refractivity contribution in [3.63, 3.8) is 0 Å². The second-order valence-corrected chi connectivity index (χ2v) is 10.4. The van der Waals surface area contributed by atoms with Crippen molar-refractivity contribution in [2.75, 3.05) is 0 Å². The van der Waals surface area contributed by atoms with E-state index in [1.54, 1.807) is 17.5 Å². The van der Waals surface area contributed by atoms with Crippen molar-refractivity contribution >= 4 is 17.2 Å². The third-order valence-electron chi connectivity index (χ3n) is 6.89. The number of pyridine rings is 2. The molecule has 0 radical (unpaired) electrons. The molecule has 1 aliphatic rings. The van der Waals surface area contributed by atoms with Crippen LogP contribution >= 0.6 is 11.3 Å². The molecule has 1 atom stereocenters. The van der Waals surface area contributed by atoms with Crippen LogP contribution in [-0.2, 0) is 26.1 Å². The molecular formula is C29H31N5OS. The fourth-order valence-electron chi connectivity index (χ4n) is 5.04. The number of nitrogens with zero attached hydrogens (tertiary/aromatic N) is 4. The Morgan fingerprint density at radius 1 is 1.06 bits per heavy atom. The van der Waals surface area contributed by atoms with Crippen molar-refractivity contribution in [2.24, 2.45) is 0 Å². The van der Waals surface area contributed by atoms with Crippen molar-refractivity contribution in [3.05, 3.63) is 111 Å². The lowest BCUT2D eigenvalue weighted by Gasteiger charge is -2.35. The lowest BCUT2D eigenvalue weighted by Crippen LogP contribution is -2.31. The van der Waals surface area contributed by atoms with Crippen LogP contribution in [0.5, 0.6) is 0 Å². The third kappa shape index (κ3) is 5.53. The van der Waals surface area contributed by atoms with E-state index in [9.17, 15) is 4.79 Å². The standard InChI is InChI=1S/C29H31N5OS/c1-20-12-14-31-21(2)27(20)29(35)33-15-22-8-10-23(11-9-22)17-34(18-25-16-30-19-36-25)26-7-3-5-24-6-4-13-32-28(24)26/h4,6,8-14,16,19,26H,3,5,7,15,17-18H2,1-2H3,(H,33,35). The number of nitrogens with one attached hydrogen (secondary N) is 1. The van der Waals surface area contributed by atoms with Crippen molar-refractivity contribution in [3.8, 4) is 0 Å². The van der Waals surface area contributed by atoms with Crippen molar-refractivity contribution in [2.45, 2.75) is 58.8 Å². The van der Waals surface area contributed by atoms with Gasteiger partial charge in [0.1, 0.15) is 0 Å². The van der Waals surface area contributed by atoms with E-state index in [1.807, 2.05) is 43.9 Å². The summed E-state index contributed by atoms with van der Waals surface area (Å²) in [5.74, 6) is -0.0821. The van der Waals surface area contributed by atoms with Gasteiger partial charge in [0.25, 0.3) is 5.91 Å². The first-order valence-electron chi connectivity index (χ1n) is 12.4. The Morgan fingerprint density at radius 2 is 1.89 bits per heavy atom. The molecule has 184 valence electrons. The number of aromatic nitrogens is 3. The van der Waals surface area contributed by atoms with Crippen LogP contribution in [0.1, 0.15) is 67.8 Å². The first kappa shape index (κ1) is 24.3. The molecule has 1 unspecified atom stereocenters. The van der Waals surface area contributed by atoms with Crippen LogP contribution in [0.4, 0.5) is 0 Å². The summed E-state index contributed by atoms with van der Waals surface area (Å²) >= 11 is 1.70. The third-order valence-corrected chi connectivity index (χ3v) is 7.65. The molecule has 0 spiro atoms. The molecule has 0 fully saturated rings. The molecule has 0 saturated heterocycles. The normalized spacial score (nSPS) is 15.0. The minimum Gasteiger partial charge on any atom is -0.348 e. The fraction of sp³-hybridized carbons (Fsp3) is 0.310. The highest BCUT2D eigenvalue weighted by Gasteiger charge is 2.27. The number of thiazole rings is 1. The van der Waals surface area contributed by atoms with Crippen LogP contribution in [-0.4, -0.2) is 25.8 Å². The van der Waals surface area contributed by atoms with Gasteiger partial charge in [-0.2, -0.15) is 0 Å². The summed E-state index contributed by atoms with van der Waals surface area (Å²) in [5, 5.41) is 3.05. The minimum atomic E-state index is -0.0821. The van der Waals surface area contributed by atoms with Gasteiger partial charge in [0.2, 0.25) is 0 Å². The van der Waals surface area contributed by atoms with Crippen LogP contribution in [0.2, 0.25) is 0 Å². The first-order valence-corrected chi connectivity index (χ1v) is 13.3. The molecule has 7 heteroatoms. The Labute approximate surface area is 216 Å². The molecule has 5 rings (SSSR count). The fourth-order valence-corrected chi connectivity index (χ4v) is 5.66. The number of rotatable bonds is 8. The van der Waals surface area contributed by atoms with Crippen molar-refractivity contribution < 1.29 is 4.79 Å². The Hall–Kier alpha value is -3.42. The second kappa shape index (κ2) is 11.1. The van der Waals surface area contributed by atoms with Gasteiger partial charge < -0.3 is 5.32 Å². The van der Waals surface area contributed by atoms with E-state index >= 15 is 0 Å². The summed E-state index contributed by atoms with van der Waals surface area (Å²) in [5.41, 5.74) is 9.16. The second-order valence-electron chi connectivity index (χ2n) is 9.42.